The van der Waals surface area contributed by atoms with E-state index in [1.165, 1.54) is 0 Å². The highest BCUT2D eigenvalue weighted by Gasteiger charge is 2.23. The van der Waals surface area contributed by atoms with Crippen LogP contribution in [0, 0.1) is 0 Å². The number of halogens is 1. The summed E-state index contributed by atoms with van der Waals surface area (Å²) in [6, 6.07) is 6.91. The average molecular weight is 480 g/mol. The van der Waals surface area contributed by atoms with Gasteiger partial charge < -0.3 is 14.8 Å². The van der Waals surface area contributed by atoms with Crippen molar-refractivity contribution in [2.24, 2.45) is 0 Å². The topological polar surface area (TPSA) is 99.5 Å². The molecule has 0 radical (unpaired) electrons. The third-order valence-corrected chi connectivity index (χ3v) is 5.31. The van der Waals surface area contributed by atoms with Crippen LogP contribution in [0.25, 0.3) is 16.5 Å². The van der Waals surface area contributed by atoms with Gasteiger partial charge in [0.2, 0.25) is 0 Å². The van der Waals surface area contributed by atoms with E-state index < -0.39 is 11.5 Å². The number of benzene rings is 1. The highest BCUT2D eigenvalue weighted by Crippen LogP contribution is 2.30. The lowest BCUT2D eigenvalue weighted by Gasteiger charge is -2.10. The van der Waals surface area contributed by atoms with E-state index in [0.717, 1.165) is 20.5 Å². The maximum Gasteiger partial charge on any atom is 0.359 e. The zero-order valence-electron chi connectivity index (χ0n) is 15.7. The van der Waals surface area contributed by atoms with Crippen LogP contribution in [0.5, 0.6) is 0 Å². The Morgan fingerprint density at radius 2 is 1.93 bits per heavy atom. The predicted molar refractivity (Wildman–Crippen MR) is 114 cm³/mol. The summed E-state index contributed by atoms with van der Waals surface area (Å²) in [5.74, 6) is -1.03. The largest absolute Gasteiger partial charge is 0.461 e. The number of nitrogens with one attached hydrogen (secondary N) is 1. The molecule has 3 aromatic rings. The summed E-state index contributed by atoms with van der Waals surface area (Å²) in [6.07, 6.45) is 0. The highest BCUT2D eigenvalue weighted by atomic mass is 79.9. The first-order valence-electron chi connectivity index (χ1n) is 8.81. The van der Waals surface area contributed by atoms with Gasteiger partial charge in [0.15, 0.2) is 5.69 Å². The highest BCUT2D eigenvalue weighted by molar-refractivity contribution is 9.10. The first-order chi connectivity index (χ1) is 14.0. The van der Waals surface area contributed by atoms with Crippen LogP contribution in [0.4, 0.5) is 5.00 Å². The van der Waals surface area contributed by atoms with Crippen LogP contribution in [0.15, 0.2) is 38.9 Å². The number of thiophene rings is 1. The maximum absolute atomic E-state index is 13.2. The van der Waals surface area contributed by atoms with Gasteiger partial charge in [0.1, 0.15) is 11.6 Å². The maximum atomic E-state index is 13.2. The molecule has 0 unspecified atom stereocenters. The molecule has 0 saturated heterocycles. The molecule has 0 fully saturated rings. The molecule has 3 rings (SSSR count). The van der Waals surface area contributed by atoms with Crippen LogP contribution in [-0.4, -0.2) is 41.5 Å². The van der Waals surface area contributed by atoms with Crippen LogP contribution < -0.4 is 10.9 Å². The molecule has 0 bridgehead atoms. The standard InChI is InChI=1S/C19H18BrN3O5S/c1-3-27-9-14(24)21-17-15-13(10-29-17)16(19(26)28-4-2)22-23(18(15)25)12-7-5-11(20)6-8-12/h5-8,10H,3-4,9H2,1-2H3,(H,21,24). The van der Waals surface area contributed by atoms with Gasteiger partial charge in [-0.1, -0.05) is 15.9 Å². The molecule has 2 aromatic heterocycles. The van der Waals surface area contributed by atoms with Gasteiger partial charge in [0.25, 0.3) is 11.5 Å². The normalized spacial score (nSPS) is 10.9. The van der Waals surface area contributed by atoms with Crippen LogP contribution in [-0.2, 0) is 14.3 Å². The van der Waals surface area contributed by atoms with Gasteiger partial charge in [0, 0.05) is 21.8 Å². The Bertz CT molecular complexity index is 1110. The first-order valence-corrected chi connectivity index (χ1v) is 10.5. The Morgan fingerprint density at radius 1 is 1.21 bits per heavy atom. The molecule has 1 amide bonds. The zero-order chi connectivity index (χ0) is 21.0. The van der Waals surface area contributed by atoms with Crippen LogP contribution in [0.2, 0.25) is 0 Å². The Hall–Kier alpha value is -2.56. The Balaban J connectivity index is 2.18. The van der Waals surface area contributed by atoms with Crippen molar-refractivity contribution in [2.75, 3.05) is 25.1 Å². The van der Waals surface area contributed by atoms with Crippen molar-refractivity contribution in [2.45, 2.75) is 13.8 Å². The van der Waals surface area contributed by atoms with Crippen LogP contribution in [0.3, 0.4) is 0 Å². The number of hydrogen-bond acceptors (Lipinski definition) is 7. The number of amides is 1. The number of fused-ring (bicyclic) bond motifs is 1. The fraction of sp³-hybridized carbons (Fsp3) is 0.263. The van der Waals surface area contributed by atoms with E-state index in [4.69, 9.17) is 9.47 Å². The number of aromatic nitrogens is 2. The molecule has 8 nitrogen and oxygen atoms in total. The van der Waals surface area contributed by atoms with Crippen LogP contribution in [0.1, 0.15) is 24.3 Å². The smallest absolute Gasteiger partial charge is 0.359 e. The molecule has 0 aliphatic carbocycles. The zero-order valence-corrected chi connectivity index (χ0v) is 18.1. The summed E-state index contributed by atoms with van der Waals surface area (Å²) in [7, 11) is 0. The van der Waals surface area contributed by atoms with Gasteiger partial charge >= 0.3 is 5.97 Å². The van der Waals surface area contributed by atoms with Crippen molar-refractivity contribution in [1.29, 1.82) is 0 Å². The fourth-order valence-corrected chi connectivity index (χ4v) is 3.82. The second-order valence-electron chi connectivity index (χ2n) is 5.80. The summed E-state index contributed by atoms with van der Waals surface area (Å²) >= 11 is 4.49. The van der Waals surface area contributed by atoms with Gasteiger partial charge in [-0.2, -0.15) is 9.78 Å². The summed E-state index contributed by atoms with van der Waals surface area (Å²) in [5.41, 5.74) is 0.0256. The summed E-state index contributed by atoms with van der Waals surface area (Å²) in [6.45, 7) is 3.90. The Labute approximate surface area is 178 Å². The number of ether oxygens (including phenoxy) is 2. The molecule has 0 saturated carbocycles. The number of esters is 1. The van der Waals surface area contributed by atoms with Crippen molar-refractivity contribution < 1.29 is 19.1 Å². The van der Waals surface area contributed by atoms with Crippen LogP contribution >= 0.6 is 27.3 Å². The number of carbonyl (C=O) groups is 2. The van der Waals surface area contributed by atoms with E-state index in [0.29, 0.717) is 22.7 Å². The molecule has 1 aromatic carbocycles. The van der Waals surface area contributed by atoms with E-state index in [1.54, 1.807) is 43.5 Å². The van der Waals surface area contributed by atoms with E-state index >= 15 is 0 Å². The lowest BCUT2D eigenvalue weighted by atomic mass is 10.2. The first kappa shape index (κ1) is 21.2. The van der Waals surface area contributed by atoms with E-state index in [2.05, 4.69) is 26.3 Å². The van der Waals surface area contributed by atoms with Crippen molar-refractivity contribution in [3.05, 3.63) is 50.2 Å². The fourth-order valence-electron chi connectivity index (χ4n) is 2.61. The molecule has 0 aliphatic rings. The second-order valence-corrected chi connectivity index (χ2v) is 7.60. The van der Waals surface area contributed by atoms with E-state index in [9.17, 15) is 14.4 Å². The van der Waals surface area contributed by atoms with Crippen molar-refractivity contribution in [3.8, 4) is 5.69 Å². The Kier molecular flexibility index (Phi) is 6.78. The lowest BCUT2D eigenvalue weighted by molar-refractivity contribution is -0.120. The van der Waals surface area contributed by atoms with E-state index in [1.807, 2.05) is 0 Å². The van der Waals surface area contributed by atoms with Gasteiger partial charge in [0.05, 0.1) is 17.7 Å². The number of anilines is 1. The number of nitrogens with zero attached hydrogens (tertiary/aromatic N) is 2. The molecular formula is C19H18BrN3O5S. The number of rotatable bonds is 7. The SMILES string of the molecule is CCOCC(=O)Nc1scc2c(C(=O)OCC)nn(-c3ccc(Br)cc3)c(=O)c12. The van der Waals surface area contributed by atoms with Crippen molar-refractivity contribution in [3.63, 3.8) is 0 Å². The Morgan fingerprint density at radius 3 is 2.59 bits per heavy atom. The van der Waals surface area contributed by atoms with Gasteiger partial charge in [-0.15, -0.1) is 11.3 Å². The van der Waals surface area contributed by atoms with Crippen molar-refractivity contribution >= 4 is 54.9 Å². The molecule has 29 heavy (non-hydrogen) atoms. The predicted octanol–water partition coefficient (Wildman–Crippen LogP) is 3.36. The third-order valence-electron chi connectivity index (χ3n) is 3.88. The minimum Gasteiger partial charge on any atom is -0.461 e. The van der Waals surface area contributed by atoms with Crippen molar-refractivity contribution in [1.82, 2.24) is 9.78 Å². The van der Waals surface area contributed by atoms with Gasteiger partial charge in [-0.05, 0) is 38.1 Å². The molecule has 0 aliphatic heterocycles. The molecule has 0 atom stereocenters. The summed E-state index contributed by atoms with van der Waals surface area (Å²) in [5, 5.41) is 9.39. The second kappa shape index (κ2) is 9.29. The molecule has 10 heteroatoms. The third kappa shape index (κ3) is 4.55. The summed E-state index contributed by atoms with van der Waals surface area (Å²) < 4.78 is 12.2. The summed E-state index contributed by atoms with van der Waals surface area (Å²) in [4.78, 5) is 37.7. The minimum atomic E-state index is -0.645. The van der Waals surface area contributed by atoms with E-state index in [-0.39, 0.29) is 30.2 Å². The molecule has 2 heterocycles. The lowest BCUT2D eigenvalue weighted by Crippen LogP contribution is -2.26. The monoisotopic (exact) mass is 479 g/mol. The average Bonchev–Trinajstić information content (AvgIpc) is 3.12. The number of carbonyl (C=O) groups excluding carboxylic acids is 2. The quantitative estimate of drug-likeness (QED) is 0.521. The molecule has 1 N–H and O–H groups in total. The molecular weight excluding hydrogens is 462 g/mol. The molecule has 0 spiro atoms. The van der Waals surface area contributed by atoms with Gasteiger partial charge in [-0.25, -0.2) is 4.79 Å². The minimum absolute atomic E-state index is 0.00549. The molecule has 152 valence electrons. The van der Waals surface area contributed by atoms with Gasteiger partial charge in [-0.3, -0.25) is 9.59 Å². The number of hydrogen-bond donors (Lipinski definition) is 1.